The third-order valence-corrected chi connectivity index (χ3v) is 9.70. The molecule has 0 radical (unpaired) electrons. The van der Waals surface area contributed by atoms with Crippen LogP contribution in [-0.2, 0) is 33.9 Å². The number of aromatic amines is 1. The predicted octanol–water partition coefficient (Wildman–Crippen LogP) is 3.43. The van der Waals surface area contributed by atoms with Gasteiger partial charge in [0.15, 0.2) is 0 Å². The number of H-pyrrole nitrogens is 1. The Morgan fingerprint density at radius 2 is 1.88 bits per heavy atom. The molecule has 0 saturated carbocycles. The van der Waals surface area contributed by atoms with Crippen LogP contribution >= 0.6 is 23.4 Å². The van der Waals surface area contributed by atoms with Crippen LogP contribution in [0.3, 0.4) is 0 Å². The Balaban J connectivity index is 1.45. The highest BCUT2D eigenvalue weighted by Crippen LogP contribution is 2.39. The number of likely N-dealkylation sites (N-methyl/N-ethyl adjacent to an activating group) is 1. The van der Waals surface area contributed by atoms with Crippen LogP contribution in [0.1, 0.15) is 23.1 Å². The van der Waals surface area contributed by atoms with E-state index in [-0.39, 0.29) is 19.0 Å². The van der Waals surface area contributed by atoms with Crippen molar-refractivity contribution in [3.63, 3.8) is 0 Å². The third-order valence-electron chi connectivity index (χ3n) is 8.04. The minimum absolute atomic E-state index is 0.0938. The van der Waals surface area contributed by atoms with Gasteiger partial charge in [-0.3, -0.25) is 14.4 Å². The minimum Gasteiger partial charge on any atom is -0.361 e. The maximum absolute atomic E-state index is 14.0. The summed E-state index contributed by atoms with van der Waals surface area (Å²) in [7, 11) is 1.54. The number of amides is 3. The maximum Gasteiger partial charge on any atom is 0.246 e. The van der Waals surface area contributed by atoms with E-state index in [0.29, 0.717) is 40.7 Å². The minimum atomic E-state index is -0.974. The van der Waals surface area contributed by atoms with Crippen molar-refractivity contribution in [2.75, 3.05) is 13.6 Å². The van der Waals surface area contributed by atoms with Crippen molar-refractivity contribution in [2.24, 2.45) is 11.5 Å². The van der Waals surface area contributed by atoms with E-state index in [1.54, 1.807) is 25.6 Å². The number of hydrogen-bond donors (Lipinski definition) is 5. The van der Waals surface area contributed by atoms with Gasteiger partial charge in [-0.05, 0) is 65.4 Å². The number of para-hydroxylation sites is 1. The van der Waals surface area contributed by atoms with Crippen molar-refractivity contribution >= 4 is 52.5 Å². The van der Waals surface area contributed by atoms with Crippen molar-refractivity contribution < 1.29 is 14.4 Å². The van der Waals surface area contributed by atoms with Gasteiger partial charge in [-0.2, -0.15) is 10.2 Å². The van der Waals surface area contributed by atoms with E-state index < -0.39 is 18.0 Å². The van der Waals surface area contributed by atoms with E-state index in [2.05, 4.69) is 30.8 Å². The molecule has 5 aromatic rings. The van der Waals surface area contributed by atoms with Crippen LogP contribution < -0.4 is 22.1 Å². The summed E-state index contributed by atoms with van der Waals surface area (Å²) in [5, 5.41) is 15.6. The molecule has 3 amide bonds. The normalized spacial score (nSPS) is 12.3. The lowest BCUT2D eigenvalue weighted by atomic mass is 10.0. The van der Waals surface area contributed by atoms with Crippen LogP contribution in [0.2, 0.25) is 5.02 Å². The lowest BCUT2D eigenvalue weighted by Gasteiger charge is -2.30. The van der Waals surface area contributed by atoms with E-state index in [0.717, 1.165) is 38.7 Å². The molecule has 0 saturated heterocycles. The van der Waals surface area contributed by atoms with E-state index in [4.69, 9.17) is 23.1 Å². The van der Waals surface area contributed by atoms with Crippen LogP contribution in [0.5, 0.6) is 0 Å². The lowest BCUT2D eigenvalue weighted by Crippen LogP contribution is -2.55. The van der Waals surface area contributed by atoms with Crippen LogP contribution in [-0.4, -0.2) is 69.0 Å². The molecule has 12 nitrogen and oxygen atoms in total. The van der Waals surface area contributed by atoms with Gasteiger partial charge in [0.05, 0.1) is 17.4 Å². The van der Waals surface area contributed by atoms with Gasteiger partial charge in [-0.1, -0.05) is 47.6 Å². The average Bonchev–Trinajstić information content (AvgIpc) is 3.53. The number of benzene rings is 2. The highest BCUT2D eigenvalue weighted by Gasteiger charge is 2.31. The highest BCUT2D eigenvalue weighted by molar-refractivity contribution is 7.99. The van der Waals surface area contributed by atoms with Crippen molar-refractivity contribution in [1.82, 2.24) is 35.7 Å². The fourth-order valence-corrected chi connectivity index (χ4v) is 6.81. The molecular weight excluding hydrogens is 650 g/mol. The molecule has 2 atom stereocenters. The van der Waals surface area contributed by atoms with Gasteiger partial charge < -0.3 is 32.0 Å². The Hall–Kier alpha value is -4.82. The van der Waals surface area contributed by atoms with Crippen LogP contribution in [0.15, 0.2) is 89.3 Å². The average molecular weight is 686 g/mol. The number of aryl methyl sites for hydroxylation is 1. The summed E-state index contributed by atoms with van der Waals surface area (Å²) < 4.78 is 0. The molecule has 0 spiro atoms. The second-order valence-corrected chi connectivity index (χ2v) is 12.4. The van der Waals surface area contributed by atoms with Crippen LogP contribution in [0.4, 0.5) is 0 Å². The third kappa shape index (κ3) is 8.00. The molecule has 0 aliphatic rings. The first-order chi connectivity index (χ1) is 23.3. The van der Waals surface area contributed by atoms with E-state index in [1.807, 2.05) is 60.8 Å². The highest BCUT2D eigenvalue weighted by atomic mass is 35.5. The molecule has 14 heteroatoms. The number of hydrogen-bond acceptors (Lipinski definition) is 9. The molecule has 48 heavy (non-hydrogen) atoms. The summed E-state index contributed by atoms with van der Waals surface area (Å²) in [6.45, 7) is 0.269. The molecule has 5 rings (SSSR count). The van der Waals surface area contributed by atoms with Crippen molar-refractivity contribution in [3.05, 3.63) is 101 Å². The van der Waals surface area contributed by atoms with E-state index >= 15 is 0 Å². The number of pyridine rings is 1. The molecule has 0 fully saturated rings. The van der Waals surface area contributed by atoms with Gasteiger partial charge in [0.25, 0.3) is 0 Å². The first-order valence-corrected chi connectivity index (χ1v) is 16.4. The Morgan fingerprint density at radius 3 is 2.62 bits per heavy atom. The fourth-order valence-electron chi connectivity index (χ4n) is 5.45. The van der Waals surface area contributed by atoms with E-state index in [1.165, 1.54) is 16.7 Å². The summed E-state index contributed by atoms with van der Waals surface area (Å²) in [5.74, 6) is -0.851. The van der Waals surface area contributed by atoms with Crippen molar-refractivity contribution in [3.8, 4) is 11.1 Å². The standard InChI is InChI=1S/C34H36ClN9O3S/c1-44(34(47)29(16-37)41-20-45)30(9-8-23-17-39-28-7-3-2-6-26(23)28)32(46)40-18-25-13-24(22-10-12-42-43-19-22)14-27(35)31(25)48-33-21(15-36)5-4-11-38-33/h2-7,10-14,17,19-20,29-30,39H,8-9,15-16,18,36-37H2,1H3,(H,40,46)(H,41,45)/t29-,30-/m0/s1. The Morgan fingerprint density at radius 1 is 1.04 bits per heavy atom. The molecular formula is C34H36ClN9O3S. The Labute approximate surface area is 287 Å². The first kappa shape index (κ1) is 34.5. The molecule has 248 valence electrons. The SMILES string of the molecule is CN(C(=O)[C@H](CN)NC=O)[C@@H](CCc1c[nH]c2ccccc12)C(=O)NCc1cc(-c2ccnnc2)cc(Cl)c1Sc1ncccc1CN. The number of carbonyl (C=O) groups excluding carboxylic acids is 3. The number of halogens is 1. The van der Waals surface area contributed by atoms with Gasteiger partial charge in [-0.25, -0.2) is 4.98 Å². The van der Waals surface area contributed by atoms with Crippen LogP contribution in [0.25, 0.3) is 22.0 Å². The van der Waals surface area contributed by atoms with Crippen LogP contribution in [0, 0.1) is 0 Å². The lowest BCUT2D eigenvalue weighted by molar-refractivity contribution is -0.141. The molecule has 0 aliphatic carbocycles. The number of aromatic nitrogens is 4. The van der Waals surface area contributed by atoms with E-state index in [9.17, 15) is 14.4 Å². The Bertz CT molecular complexity index is 1890. The second-order valence-electron chi connectivity index (χ2n) is 11.0. The molecule has 3 heterocycles. The maximum atomic E-state index is 14.0. The zero-order valence-electron chi connectivity index (χ0n) is 26.2. The quantitative estimate of drug-likeness (QED) is 0.103. The number of nitrogens with zero attached hydrogens (tertiary/aromatic N) is 4. The smallest absolute Gasteiger partial charge is 0.246 e. The second kappa shape index (κ2) is 16.3. The molecule has 0 bridgehead atoms. The van der Waals surface area contributed by atoms with Gasteiger partial charge in [-0.15, -0.1) is 0 Å². The molecule has 0 aliphatic heterocycles. The van der Waals surface area contributed by atoms with Gasteiger partial charge in [0, 0.05) is 60.4 Å². The molecule has 3 aromatic heterocycles. The van der Waals surface area contributed by atoms with Crippen molar-refractivity contribution in [2.45, 2.75) is 47.9 Å². The number of rotatable bonds is 15. The predicted molar refractivity (Wildman–Crippen MR) is 186 cm³/mol. The van der Waals surface area contributed by atoms with Gasteiger partial charge >= 0.3 is 0 Å². The topological polar surface area (TPSA) is 185 Å². The number of carbonyl (C=O) groups is 3. The zero-order valence-corrected chi connectivity index (χ0v) is 27.8. The summed E-state index contributed by atoms with van der Waals surface area (Å²) >= 11 is 8.27. The number of fused-ring (bicyclic) bond motifs is 1. The number of nitrogens with one attached hydrogen (secondary N) is 3. The zero-order chi connectivity index (χ0) is 34.0. The Kier molecular flexibility index (Phi) is 11.7. The number of nitrogens with two attached hydrogens (primary N) is 2. The fraction of sp³-hybridized carbons (Fsp3) is 0.235. The first-order valence-electron chi connectivity index (χ1n) is 15.2. The molecule has 0 unspecified atom stereocenters. The summed E-state index contributed by atoms with van der Waals surface area (Å²) in [6, 6.07) is 15.3. The molecule has 2 aromatic carbocycles. The largest absolute Gasteiger partial charge is 0.361 e. The summed E-state index contributed by atoms with van der Waals surface area (Å²) in [4.78, 5) is 48.5. The summed E-state index contributed by atoms with van der Waals surface area (Å²) in [5.41, 5.74) is 16.9. The van der Waals surface area contributed by atoms with Crippen molar-refractivity contribution in [1.29, 1.82) is 0 Å². The van der Waals surface area contributed by atoms with Gasteiger partial charge in [0.1, 0.15) is 17.1 Å². The molecule has 7 N–H and O–H groups in total. The monoisotopic (exact) mass is 685 g/mol. The van der Waals surface area contributed by atoms with Gasteiger partial charge in [0.2, 0.25) is 18.2 Å². The summed E-state index contributed by atoms with van der Waals surface area (Å²) in [6.07, 6.45) is 8.07.